The van der Waals surface area contributed by atoms with Crippen LogP contribution in [0, 0.1) is 0 Å². The minimum atomic E-state index is -0.403. The zero-order valence-electron chi connectivity index (χ0n) is 8.69. The van der Waals surface area contributed by atoms with Gasteiger partial charge in [-0.15, -0.1) is 0 Å². The number of esters is 1. The van der Waals surface area contributed by atoms with Crippen molar-refractivity contribution in [1.82, 2.24) is 0 Å². The van der Waals surface area contributed by atoms with Crippen molar-refractivity contribution in [2.75, 3.05) is 7.11 Å². The van der Waals surface area contributed by atoms with E-state index in [0.717, 1.165) is 0 Å². The van der Waals surface area contributed by atoms with E-state index in [2.05, 4.69) is 4.74 Å². The molecule has 0 aliphatic rings. The van der Waals surface area contributed by atoms with E-state index < -0.39 is 5.97 Å². The zero-order valence-corrected chi connectivity index (χ0v) is 8.69. The van der Waals surface area contributed by atoms with E-state index in [1.165, 1.54) is 13.2 Å². The highest BCUT2D eigenvalue weighted by atomic mass is 16.5. The summed E-state index contributed by atoms with van der Waals surface area (Å²) in [6.45, 7) is 1.78. The molecule has 0 aliphatic heterocycles. The molecule has 1 aromatic rings. The molecule has 15 heavy (non-hydrogen) atoms. The lowest BCUT2D eigenvalue weighted by Gasteiger charge is -1.99. The van der Waals surface area contributed by atoms with Crippen LogP contribution in [0.4, 0.5) is 0 Å². The van der Waals surface area contributed by atoms with Crippen molar-refractivity contribution in [3.05, 3.63) is 47.5 Å². The molecule has 1 aromatic carbocycles. The number of ether oxygens (including phenoxy) is 1. The molecule has 0 fully saturated rings. The van der Waals surface area contributed by atoms with Gasteiger partial charge < -0.3 is 4.74 Å². The van der Waals surface area contributed by atoms with Crippen LogP contribution in [0.2, 0.25) is 0 Å². The van der Waals surface area contributed by atoms with Gasteiger partial charge in [0.2, 0.25) is 0 Å². The van der Waals surface area contributed by atoms with E-state index in [1.54, 1.807) is 37.3 Å². The van der Waals surface area contributed by atoms with E-state index in [9.17, 15) is 9.59 Å². The number of rotatable bonds is 3. The van der Waals surface area contributed by atoms with Crippen LogP contribution in [0.1, 0.15) is 27.6 Å². The van der Waals surface area contributed by atoms with Crippen LogP contribution < -0.4 is 0 Å². The largest absolute Gasteiger partial charge is 0.465 e. The van der Waals surface area contributed by atoms with Crippen molar-refractivity contribution >= 4 is 11.8 Å². The molecule has 0 saturated carbocycles. The summed E-state index contributed by atoms with van der Waals surface area (Å²) in [4.78, 5) is 22.5. The van der Waals surface area contributed by atoms with Gasteiger partial charge >= 0.3 is 5.97 Å². The van der Waals surface area contributed by atoms with E-state index >= 15 is 0 Å². The number of hydrogen-bond donors (Lipinski definition) is 0. The lowest BCUT2D eigenvalue weighted by atomic mass is 10.1. The predicted octanol–water partition coefficient (Wildman–Crippen LogP) is 2.23. The Morgan fingerprint density at radius 2 is 1.67 bits per heavy atom. The molecule has 3 heteroatoms. The van der Waals surface area contributed by atoms with Crippen molar-refractivity contribution in [3.8, 4) is 0 Å². The van der Waals surface area contributed by atoms with Gasteiger partial charge in [-0.25, -0.2) is 4.79 Å². The van der Waals surface area contributed by atoms with Crippen molar-refractivity contribution in [2.45, 2.75) is 6.92 Å². The normalized spacial score (nSPS) is 10.3. The number of ketones is 1. The summed E-state index contributed by atoms with van der Waals surface area (Å²) in [5.74, 6) is -0.478. The Bertz CT molecular complexity index is 388. The van der Waals surface area contributed by atoms with Gasteiger partial charge in [-0.2, -0.15) is 0 Å². The molecule has 0 radical (unpaired) electrons. The summed E-state index contributed by atoms with van der Waals surface area (Å²) >= 11 is 0. The molecule has 0 aliphatic carbocycles. The van der Waals surface area contributed by atoms with E-state index in [-0.39, 0.29) is 5.78 Å². The first kappa shape index (κ1) is 11.2. The number of carbonyl (C=O) groups excluding carboxylic acids is 2. The predicted molar refractivity (Wildman–Crippen MR) is 56.9 cm³/mol. The fourth-order valence-electron chi connectivity index (χ4n) is 1.14. The Morgan fingerprint density at radius 1 is 1.13 bits per heavy atom. The van der Waals surface area contributed by atoms with Crippen LogP contribution in [0.5, 0.6) is 0 Å². The molecule has 78 valence electrons. The van der Waals surface area contributed by atoms with E-state index in [0.29, 0.717) is 11.1 Å². The molecule has 0 heterocycles. The molecule has 0 atom stereocenters. The van der Waals surface area contributed by atoms with E-state index in [1.807, 2.05) is 0 Å². The third-order valence-electron chi connectivity index (χ3n) is 1.91. The standard InChI is InChI=1S/C12H12O3/c1-3-4-11(13)9-5-7-10(8-6-9)12(14)15-2/h3-8H,1-2H3. The second-order valence-electron chi connectivity index (χ2n) is 2.93. The number of carbonyl (C=O) groups is 2. The van der Waals surface area contributed by atoms with Crippen molar-refractivity contribution in [2.24, 2.45) is 0 Å². The average Bonchev–Trinajstić information content (AvgIpc) is 2.28. The molecule has 0 unspecified atom stereocenters. The summed E-state index contributed by atoms with van der Waals surface area (Å²) in [6, 6.07) is 6.36. The van der Waals surface area contributed by atoms with Gasteiger partial charge in [-0.3, -0.25) is 4.79 Å². The molecule has 0 spiro atoms. The van der Waals surface area contributed by atoms with Crippen LogP contribution in [-0.2, 0) is 4.74 Å². The van der Waals surface area contributed by atoms with Crippen LogP contribution >= 0.6 is 0 Å². The minimum Gasteiger partial charge on any atom is -0.465 e. The highest BCUT2D eigenvalue weighted by molar-refractivity contribution is 6.05. The van der Waals surface area contributed by atoms with Crippen LogP contribution in [-0.4, -0.2) is 18.9 Å². The van der Waals surface area contributed by atoms with Crippen LogP contribution in [0.3, 0.4) is 0 Å². The van der Waals surface area contributed by atoms with Gasteiger partial charge in [-0.1, -0.05) is 18.2 Å². The quantitative estimate of drug-likeness (QED) is 0.431. The molecule has 0 bridgehead atoms. The van der Waals surface area contributed by atoms with Gasteiger partial charge in [0.05, 0.1) is 12.7 Å². The minimum absolute atomic E-state index is 0.0751. The van der Waals surface area contributed by atoms with Crippen molar-refractivity contribution in [3.63, 3.8) is 0 Å². The maximum absolute atomic E-state index is 11.4. The van der Waals surface area contributed by atoms with Crippen LogP contribution in [0.25, 0.3) is 0 Å². The lowest BCUT2D eigenvalue weighted by Crippen LogP contribution is -2.02. The fraction of sp³-hybridized carbons (Fsp3) is 0.167. The van der Waals surface area contributed by atoms with Crippen molar-refractivity contribution in [1.29, 1.82) is 0 Å². The number of hydrogen-bond acceptors (Lipinski definition) is 3. The molecule has 0 saturated heterocycles. The molecular formula is C12H12O3. The molecule has 0 amide bonds. The monoisotopic (exact) mass is 204 g/mol. The number of allylic oxidation sites excluding steroid dienone is 2. The number of benzene rings is 1. The fourth-order valence-corrected chi connectivity index (χ4v) is 1.14. The molecule has 0 aromatic heterocycles. The second-order valence-corrected chi connectivity index (χ2v) is 2.93. The van der Waals surface area contributed by atoms with Crippen molar-refractivity contribution < 1.29 is 14.3 Å². The highest BCUT2D eigenvalue weighted by Crippen LogP contribution is 2.06. The van der Waals surface area contributed by atoms with Gasteiger partial charge in [0.15, 0.2) is 5.78 Å². The Morgan fingerprint density at radius 3 is 2.13 bits per heavy atom. The maximum atomic E-state index is 11.4. The first-order valence-corrected chi connectivity index (χ1v) is 4.54. The maximum Gasteiger partial charge on any atom is 0.337 e. The van der Waals surface area contributed by atoms with Crippen LogP contribution in [0.15, 0.2) is 36.4 Å². The first-order chi connectivity index (χ1) is 7.19. The molecule has 1 rings (SSSR count). The Hall–Kier alpha value is -1.90. The highest BCUT2D eigenvalue weighted by Gasteiger charge is 2.06. The van der Waals surface area contributed by atoms with Gasteiger partial charge in [-0.05, 0) is 25.1 Å². The summed E-state index contributed by atoms with van der Waals surface area (Å²) < 4.78 is 4.55. The number of methoxy groups -OCH3 is 1. The van der Waals surface area contributed by atoms with Gasteiger partial charge in [0.25, 0.3) is 0 Å². The van der Waals surface area contributed by atoms with Gasteiger partial charge in [0, 0.05) is 5.56 Å². The second kappa shape index (κ2) is 5.10. The Kier molecular flexibility index (Phi) is 3.80. The smallest absolute Gasteiger partial charge is 0.337 e. The average molecular weight is 204 g/mol. The summed E-state index contributed by atoms with van der Waals surface area (Å²) in [5.41, 5.74) is 0.996. The topological polar surface area (TPSA) is 43.4 Å². The molecular weight excluding hydrogens is 192 g/mol. The Balaban J connectivity index is 2.90. The zero-order chi connectivity index (χ0) is 11.3. The Labute approximate surface area is 88.4 Å². The first-order valence-electron chi connectivity index (χ1n) is 4.54. The summed E-state index contributed by atoms with van der Waals surface area (Å²) in [7, 11) is 1.32. The van der Waals surface area contributed by atoms with Gasteiger partial charge in [0.1, 0.15) is 0 Å². The third-order valence-corrected chi connectivity index (χ3v) is 1.91. The molecule has 0 N–H and O–H groups in total. The van der Waals surface area contributed by atoms with E-state index in [4.69, 9.17) is 0 Å². The summed E-state index contributed by atoms with van der Waals surface area (Å²) in [6.07, 6.45) is 3.16. The third kappa shape index (κ3) is 2.77. The SMILES string of the molecule is CC=CC(=O)c1ccc(C(=O)OC)cc1. The lowest BCUT2D eigenvalue weighted by molar-refractivity contribution is 0.0600. The summed E-state index contributed by atoms with van der Waals surface area (Å²) in [5, 5.41) is 0. The molecule has 3 nitrogen and oxygen atoms in total.